The molecule has 2 saturated carbocycles. The van der Waals surface area contributed by atoms with Crippen molar-refractivity contribution in [1.29, 1.82) is 0 Å². The van der Waals surface area contributed by atoms with Gasteiger partial charge >= 0.3 is 12.0 Å². The lowest BCUT2D eigenvalue weighted by atomic mass is 9.87. The van der Waals surface area contributed by atoms with Crippen LogP contribution < -0.4 is 0 Å². The largest absolute Gasteiger partial charge is 0.481 e. The van der Waals surface area contributed by atoms with Crippen molar-refractivity contribution in [3.8, 4) is 0 Å². The van der Waals surface area contributed by atoms with Gasteiger partial charge in [0.05, 0.1) is 5.92 Å². The van der Waals surface area contributed by atoms with Crippen LogP contribution in [0, 0.1) is 29.6 Å². The number of rotatable bonds is 4. The van der Waals surface area contributed by atoms with Crippen molar-refractivity contribution in [2.24, 2.45) is 29.6 Å². The topological polar surface area (TPSA) is 60.9 Å². The molecule has 21 heavy (non-hydrogen) atoms. The highest BCUT2D eigenvalue weighted by atomic mass is 16.4. The molecule has 0 radical (unpaired) electrons. The molecule has 3 aliphatic rings. The molecule has 5 heteroatoms. The van der Waals surface area contributed by atoms with Gasteiger partial charge in [0.25, 0.3) is 0 Å². The first-order chi connectivity index (χ1) is 9.95. The van der Waals surface area contributed by atoms with Crippen LogP contribution >= 0.6 is 0 Å². The van der Waals surface area contributed by atoms with Crippen molar-refractivity contribution in [3.05, 3.63) is 0 Å². The summed E-state index contributed by atoms with van der Waals surface area (Å²) >= 11 is 0. The molecule has 1 saturated heterocycles. The second kappa shape index (κ2) is 5.50. The van der Waals surface area contributed by atoms with Gasteiger partial charge < -0.3 is 14.9 Å². The van der Waals surface area contributed by atoms with E-state index in [1.165, 1.54) is 25.7 Å². The van der Waals surface area contributed by atoms with Crippen molar-refractivity contribution >= 4 is 12.0 Å². The fourth-order valence-electron chi connectivity index (χ4n) is 4.46. The number of urea groups is 1. The quantitative estimate of drug-likeness (QED) is 0.864. The van der Waals surface area contributed by atoms with Crippen LogP contribution in [0.4, 0.5) is 4.79 Å². The molecule has 4 atom stereocenters. The monoisotopic (exact) mass is 294 g/mol. The van der Waals surface area contributed by atoms with Gasteiger partial charge in [0.1, 0.15) is 0 Å². The number of carboxylic acid groups (broad SMARTS) is 1. The maximum Gasteiger partial charge on any atom is 0.319 e. The molecule has 2 bridgehead atoms. The van der Waals surface area contributed by atoms with Gasteiger partial charge in [-0.15, -0.1) is 0 Å². The lowest BCUT2D eigenvalue weighted by molar-refractivity contribution is -0.144. The Kier molecular flexibility index (Phi) is 3.84. The Labute approximate surface area is 126 Å². The SMILES string of the molecule is CC(C(=O)O)C1CN(C(=O)N(C)CC2CC3CCC2C3)C1. The molecule has 4 unspecified atom stereocenters. The van der Waals surface area contributed by atoms with Crippen LogP contribution in [-0.4, -0.2) is 53.6 Å². The molecule has 2 aliphatic carbocycles. The Morgan fingerprint density at radius 2 is 2.00 bits per heavy atom. The van der Waals surface area contributed by atoms with E-state index in [-0.39, 0.29) is 17.9 Å². The predicted octanol–water partition coefficient (Wildman–Crippen LogP) is 2.13. The van der Waals surface area contributed by atoms with Crippen LogP contribution in [0.5, 0.6) is 0 Å². The Morgan fingerprint density at radius 1 is 1.29 bits per heavy atom. The van der Waals surface area contributed by atoms with Crippen LogP contribution in [0.15, 0.2) is 0 Å². The number of carbonyl (C=O) groups excluding carboxylic acids is 1. The summed E-state index contributed by atoms with van der Waals surface area (Å²) in [5.41, 5.74) is 0. The van der Waals surface area contributed by atoms with Crippen LogP contribution in [0.1, 0.15) is 32.6 Å². The molecule has 1 heterocycles. The van der Waals surface area contributed by atoms with Crippen molar-refractivity contribution in [2.75, 3.05) is 26.7 Å². The first-order valence-electron chi connectivity index (χ1n) is 8.18. The molecule has 118 valence electrons. The second-order valence-corrected chi connectivity index (χ2v) is 7.39. The Hall–Kier alpha value is -1.26. The maximum absolute atomic E-state index is 12.4. The molecular formula is C16H26N2O3. The van der Waals surface area contributed by atoms with E-state index < -0.39 is 5.97 Å². The number of aliphatic carboxylic acids is 1. The van der Waals surface area contributed by atoms with E-state index in [2.05, 4.69) is 0 Å². The summed E-state index contributed by atoms with van der Waals surface area (Å²) in [4.78, 5) is 26.9. The van der Waals surface area contributed by atoms with Gasteiger partial charge in [-0.2, -0.15) is 0 Å². The number of hydrogen-bond donors (Lipinski definition) is 1. The number of likely N-dealkylation sites (tertiary alicyclic amines) is 1. The van der Waals surface area contributed by atoms with Crippen LogP contribution in [-0.2, 0) is 4.79 Å². The molecule has 2 amide bonds. The van der Waals surface area contributed by atoms with E-state index >= 15 is 0 Å². The summed E-state index contributed by atoms with van der Waals surface area (Å²) in [6.07, 6.45) is 5.40. The van der Waals surface area contributed by atoms with Crippen molar-refractivity contribution < 1.29 is 14.7 Å². The van der Waals surface area contributed by atoms with Gasteiger partial charge in [-0.3, -0.25) is 4.79 Å². The summed E-state index contributed by atoms with van der Waals surface area (Å²) in [5, 5.41) is 8.99. The summed E-state index contributed by atoms with van der Waals surface area (Å²) in [7, 11) is 1.89. The van der Waals surface area contributed by atoms with Gasteiger partial charge in [-0.1, -0.05) is 13.3 Å². The minimum absolute atomic E-state index is 0.0756. The lowest BCUT2D eigenvalue weighted by Crippen LogP contribution is -2.57. The zero-order valence-corrected chi connectivity index (χ0v) is 13.0. The molecule has 0 aromatic heterocycles. The fraction of sp³-hybridized carbons (Fsp3) is 0.875. The maximum atomic E-state index is 12.4. The molecule has 0 aromatic rings. The summed E-state index contributed by atoms with van der Waals surface area (Å²) in [5.74, 6) is 1.43. The smallest absolute Gasteiger partial charge is 0.319 e. The predicted molar refractivity (Wildman–Crippen MR) is 78.8 cm³/mol. The third kappa shape index (κ3) is 2.74. The third-order valence-corrected chi connectivity index (χ3v) is 6.00. The average molecular weight is 294 g/mol. The van der Waals surface area contributed by atoms with E-state index in [4.69, 9.17) is 5.11 Å². The fourth-order valence-corrected chi connectivity index (χ4v) is 4.46. The number of nitrogens with zero attached hydrogens (tertiary/aromatic N) is 2. The number of fused-ring (bicyclic) bond motifs is 2. The summed E-state index contributed by atoms with van der Waals surface area (Å²) in [6, 6.07) is 0.0756. The normalized spacial score (nSPS) is 32.9. The summed E-state index contributed by atoms with van der Waals surface area (Å²) in [6.45, 7) is 3.78. The van der Waals surface area contributed by atoms with Gasteiger partial charge in [0.15, 0.2) is 0 Å². The van der Waals surface area contributed by atoms with E-state index in [1.807, 2.05) is 11.9 Å². The van der Waals surface area contributed by atoms with E-state index in [0.717, 1.165) is 18.4 Å². The van der Waals surface area contributed by atoms with Gasteiger partial charge in [0.2, 0.25) is 0 Å². The number of carbonyl (C=O) groups is 2. The third-order valence-electron chi connectivity index (χ3n) is 6.00. The molecule has 0 spiro atoms. The van der Waals surface area contributed by atoms with Crippen LogP contribution in [0.2, 0.25) is 0 Å². The first-order valence-corrected chi connectivity index (χ1v) is 8.18. The number of amides is 2. The van der Waals surface area contributed by atoms with E-state index in [9.17, 15) is 9.59 Å². The molecule has 3 fully saturated rings. The highest BCUT2D eigenvalue weighted by Gasteiger charge is 2.42. The van der Waals surface area contributed by atoms with Crippen molar-refractivity contribution in [1.82, 2.24) is 9.80 Å². The Bertz CT molecular complexity index is 433. The molecular weight excluding hydrogens is 268 g/mol. The molecule has 1 N–H and O–H groups in total. The van der Waals surface area contributed by atoms with Gasteiger partial charge in [-0.05, 0) is 37.0 Å². The minimum atomic E-state index is -0.762. The number of carboxylic acids is 1. The zero-order chi connectivity index (χ0) is 15.1. The minimum Gasteiger partial charge on any atom is -0.481 e. The summed E-state index contributed by atoms with van der Waals surface area (Å²) < 4.78 is 0. The standard InChI is InChI=1S/C16H26N2O3/c1-10(15(19)20)14-8-18(9-14)16(21)17(2)7-13-6-11-3-4-12(13)5-11/h10-14H,3-9H2,1-2H3,(H,19,20). The van der Waals surface area contributed by atoms with Crippen LogP contribution in [0.3, 0.4) is 0 Å². The van der Waals surface area contributed by atoms with Crippen LogP contribution in [0.25, 0.3) is 0 Å². The Balaban J connectivity index is 1.45. The first kappa shape index (κ1) is 14.7. The van der Waals surface area contributed by atoms with Crippen molar-refractivity contribution in [3.63, 3.8) is 0 Å². The van der Waals surface area contributed by atoms with Gasteiger partial charge in [-0.25, -0.2) is 4.79 Å². The molecule has 1 aliphatic heterocycles. The van der Waals surface area contributed by atoms with Gasteiger partial charge in [0, 0.05) is 32.6 Å². The second-order valence-electron chi connectivity index (χ2n) is 7.39. The Morgan fingerprint density at radius 3 is 2.52 bits per heavy atom. The number of hydrogen-bond acceptors (Lipinski definition) is 2. The average Bonchev–Trinajstić information content (AvgIpc) is 2.98. The molecule has 3 rings (SSSR count). The highest BCUT2D eigenvalue weighted by molar-refractivity contribution is 5.76. The highest BCUT2D eigenvalue weighted by Crippen LogP contribution is 2.48. The van der Waals surface area contributed by atoms with E-state index in [0.29, 0.717) is 19.0 Å². The van der Waals surface area contributed by atoms with Crippen molar-refractivity contribution in [2.45, 2.75) is 32.6 Å². The zero-order valence-electron chi connectivity index (χ0n) is 13.0. The van der Waals surface area contributed by atoms with E-state index in [1.54, 1.807) is 11.8 Å². The molecule has 0 aromatic carbocycles. The molecule has 5 nitrogen and oxygen atoms in total. The lowest BCUT2D eigenvalue weighted by Gasteiger charge is -2.43.